The third kappa shape index (κ3) is 5.79. The van der Waals surface area contributed by atoms with Gasteiger partial charge in [-0.1, -0.05) is 78.5 Å². The van der Waals surface area contributed by atoms with Crippen molar-refractivity contribution in [2.24, 2.45) is 0 Å². The molecule has 0 unspecified atom stereocenters. The fourth-order valence-electron chi connectivity index (χ4n) is 6.27. The molecule has 0 radical (unpaired) electrons. The summed E-state index contributed by atoms with van der Waals surface area (Å²) in [6.07, 6.45) is 0.421. The molecule has 4 aromatic carbocycles. The van der Waals surface area contributed by atoms with Crippen molar-refractivity contribution < 1.29 is 23.0 Å². The van der Waals surface area contributed by atoms with Crippen LogP contribution in [0.15, 0.2) is 97.2 Å². The lowest BCUT2D eigenvalue weighted by atomic mass is 9.73. The van der Waals surface area contributed by atoms with Crippen molar-refractivity contribution in [2.75, 3.05) is 0 Å². The number of aryl methyl sites for hydroxylation is 2. The topological polar surface area (TPSA) is 42.4 Å². The predicted octanol–water partition coefficient (Wildman–Crippen LogP) is 11.1. The largest absolute Gasteiger partial charge is 0.508 e. The lowest BCUT2D eigenvalue weighted by Gasteiger charge is -2.31. The monoisotopic (exact) mass is 613 g/mol. The Morgan fingerprint density at radius 1 is 0.773 bits per heavy atom. The third-order valence-corrected chi connectivity index (χ3v) is 8.93. The molecule has 1 aromatic heterocycles. The zero-order valence-electron chi connectivity index (χ0n) is 24.4. The molecule has 44 heavy (non-hydrogen) atoms. The van der Waals surface area contributed by atoms with E-state index in [9.17, 15) is 18.3 Å². The number of pyridine rings is 1. The average Bonchev–Trinajstić information content (AvgIpc) is 3.50. The standard InChI is InChI=1S/C37H31ClF3NO2/c1-23-5-7-25(8-6-23)26-19-24(2)35(44-34-16-12-29(22-42-34)37(39,40)41)32(20-26)31-15-11-28(21-33(31)38)36(17-3-4-18-36)27-9-13-30(43)14-10-27/h5-16,19-22,43H,3-4,17-18H2,1-2H3. The van der Waals surface area contributed by atoms with E-state index in [1.54, 1.807) is 12.1 Å². The Labute approximate surface area is 260 Å². The number of hydrogen-bond acceptors (Lipinski definition) is 3. The smallest absolute Gasteiger partial charge is 0.417 e. The second-order valence-corrected chi connectivity index (χ2v) is 12.0. The molecule has 1 N–H and O–H groups in total. The number of ether oxygens (including phenoxy) is 1. The molecule has 224 valence electrons. The van der Waals surface area contributed by atoms with Gasteiger partial charge in [0.1, 0.15) is 11.5 Å². The molecule has 6 rings (SSSR count). The molecule has 7 heteroatoms. The molecule has 0 bridgehead atoms. The van der Waals surface area contributed by atoms with Gasteiger partial charge in [0.2, 0.25) is 5.88 Å². The summed E-state index contributed by atoms with van der Waals surface area (Å²) in [6, 6.07) is 27.9. The number of phenolic OH excluding ortho intramolecular Hbond substituents is 1. The maximum Gasteiger partial charge on any atom is 0.417 e. The van der Waals surface area contributed by atoms with E-state index in [0.29, 0.717) is 16.3 Å². The highest BCUT2D eigenvalue weighted by Crippen LogP contribution is 2.49. The van der Waals surface area contributed by atoms with Crippen LogP contribution in [0.4, 0.5) is 13.2 Å². The van der Waals surface area contributed by atoms with Crippen molar-refractivity contribution in [1.29, 1.82) is 0 Å². The molecule has 1 aliphatic carbocycles. The van der Waals surface area contributed by atoms with Crippen molar-refractivity contribution in [3.05, 3.63) is 130 Å². The average molecular weight is 614 g/mol. The molecular formula is C37H31ClF3NO2. The molecule has 5 aromatic rings. The van der Waals surface area contributed by atoms with Crippen LogP contribution in [0.2, 0.25) is 5.02 Å². The van der Waals surface area contributed by atoms with E-state index in [2.05, 4.69) is 23.2 Å². The molecule has 1 aliphatic rings. The van der Waals surface area contributed by atoms with Crippen LogP contribution in [0, 0.1) is 13.8 Å². The molecular weight excluding hydrogens is 583 g/mol. The Morgan fingerprint density at radius 2 is 1.45 bits per heavy atom. The minimum Gasteiger partial charge on any atom is -0.508 e. The van der Waals surface area contributed by atoms with E-state index < -0.39 is 11.7 Å². The number of phenols is 1. The van der Waals surface area contributed by atoms with Gasteiger partial charge in [0.15, 0.2) is 0 Å². The fraction of sp³-hybridized carbons (Fsp3) is 0.216. The molecule has 0 atom stereocenters. The van der Waals surface area contributed by atoms with E-state index in [1.165, 1.54) is 6.07 Å². The summed E-state index contributed by atoms with van der Waals surface area (Å²) >= 11 is 7.10. The molecule has 3 nitrogen and oxygen atoms in total. The van der Waals surface area contributed by atoms with E-state index in [-0.39, 0.29) is 17.0 Å². The zero-order chi connectivity index (χ0) is 31.1. The number of alkyl halides is 3. The van der Waals surface area contributed by atoms with Gasteiger partial charge < -0.3 is 9.84 Å². The maximum absolute atomic E-state index is 13.2. The molecule has 1 fully saturated rings. The first-order chi connectivity index (χ1) is 21.0. The van der Waals surface area contributed by atoms with Gasteiger partial charge in [0.25, 0.3) is 0 Å². The number of benzene rings is 4. The minimum absolute atomic E-state index is 0.0513. The second-order valence-electron chi connectivity index (χ2n) is 11.6. The van der Waals surface area contributed by atoms with Crippen LogP contribution in [0.3, 0.4) is 0 Å². The normalized spacial score (nSPS) is 14.5. The Hall–Kier alpha value is -4.29. The number of halogens is 4. The van der Waals surface area contributed by atoms with E-state index in [0.717, 1.165) is 76.9 Å². The summed E-state index contributed by atoms with van der Waals surface area (Å²) in [5, 5.41) is 10.4. The van der Waals surface area contributed by atoms with Gasteiger partial charge in [-0.2, -0.15) is 13.2 Å². The SMILES string of the molecule is Cc1ccc(-c2cc(C)c(Oc3ccc(C(F)(F)F)cn3)c(-c3ccc(C4(c5ccc(O)cc5)CCCC4)cc3Cl)c2)cc1. The first-order valence-electron chi connectivity index (χ1n) is 14.6. The summed E-state index contributed by atoms with van der Waals surface area (Å²) in [4.78, 5) is 3.95. The highest BCUT2D eigenvalue weighted by Gasteiger charge is 2.38. The van der Waals surface area contributed by atoms with Crippen molar-refractivity contribution in [1.82, 2.24) is 4.98 Å². The molecule has 0 aliphatic heterocycles. The lowest BCUT2D eigenvalue weighted by Crippen LogP contribution is -2.23. The maximum atomic E-state index is 13.2. The number of nitrogens with zero attached hydrogens (tertiary/aromatic N) is 1. The van der Waals surface area contributed by atoms with Crippen LogP contribution in [0.5, 0.6) is 17.4 Å². The van der Waals surface area contributed by atoms with E-state index in [4.69, 9.17) is 16.3 Å². The van der Waals surface area contributed by atoms with Gasteiger partial charge in [-0.25, -0.2) is 4.98 Å². The summed E-state index contributed by atoms with van der Waals surface area (Å²) < 4.78 is 45.7. The van der Waals surface area contributed by atoms with E-state index in [1.807, 2.05) is 62.4 Å². The zero-order valence-corrected chi connectivity index (χ0v) is 25.1. The third-order valence-electron chi connectivity index (χ3n) is 8.62. The fourth-order valence-corrected chi connectivity index (χ4v) is 6.55. The summed E-state index contributed by atoms with van der Waals surface area (Å²) in [5.41, 5.74) is 6.56. The molecule has 0 saturated heterocycles. The number of rotatable bonds is 6. The van der Waals surface area contributed by atoms with Crippen LogP contribution >= 0.6 is 11.6 Å². The molecule has 0 spiro atoms. The summed E-state index contributed by atoms with van der Waals surface area (Å²) in [7, 11) is 0. The predicted molar refractivity (Wildman–Crippen MR) is 168 cm³/mol. The Balaban J connectivity index is 1.46. The van der Waals surface area contributed by atoms with Gasteiger partial charge in [-0.05, 0) is 90.9 Å². The van der Waals surface area contributed by atoms with Gasteiger partial charge in [0.05, 0.1) is 5.56 Å². The van der Waals surface area contributed by atoms with Crippen molar-refractivity contribution >= 4 is 11.6 Å². The number of aromatic hydroxyl groups is 1. The molecule has 1 heterocycles. The van der Waals surface area contributed by atoms with Crippen molar-refractivity contribution in [3.8, 4) is 39.6 Å². The number of aromatic nitrogens is 1. The Kier molecular flexibility index (Phi) is 7.89. The Bertz CT molecular complexity index is 1790. The van der Waals surface area contributed by atoms with E-state index >= 15 is 0 Å². The van der Waals surface area contributed by atoms with Gasteiger partial charge in [-0.3, -0.25) is 0 Å². The first-order valence-corrected chi connectivity index (χ1v) is 14.9. The quantitative estimate of drug-likeness (QED) is 0.207. The minimum atomic E-state index is -4.49. The Morgan fingerprint density at radius 3 is 2.07 bits per heavy atom. The van der Waals surface area contributed by atoms with Crippen LogP contribution < -0.4 is 4.74 Å². The summed E-state index contributed by atoms with van der Waals surface area (Å²) in [6.45, 7) is 3.94. The van der Waals surface area contributed by atoms with Crippen LogP contribution in [0.25, 0.3) is 22.3 Å². The van der Waals surface area contributed by atoms with Crippen LogP contribution in [0.1, 0.15) is 53.5 Å². The van der Waals surface area contributed by atoms with Crippen molar-refractivity contribution in [2.45, 2.75) is 51.1 Å². The number of hydrogen-bond donors (Lipinski definition) is 1. The molecule has 0 amide bonds. The molecule has 1 saturated carbocycles. The van der Waals surface area contributed by atoms with Crippen LogP contribution in [-0.4, -0.2) is 10.1 Å². The highest BCUT2D eigenvalue weighted by atomic mass is 35.5. The van der Waals surface area contributed by atoms with Gasteiger partial charge in [0, 0.05) is 33.8 Å². The second kappa shape index (κ2) is 11.7. The lowest BCUT2D eigenvalue weighted by molar-refractivity contribution is -0.137. The first kappa shape index (κ1) is 29.8. The van der Waals surface area contributed by atoms with Gasteiger partial charge >= 0.3 is 6.18 Å². The van der Waals surface area contributed by atoms with Crippen LogP contribution in [-0.2, 0) is 11.6 Å². The summed E-state index contributed by atoms with van der Waals surface area (Å²) in [5.74, 6) is 0.751. The highest BCUT2D eigenvalue weighted by molar-refractivity contribution is 6.33. The van der Waals surface area contributed by atoms with Gasteiger partial charge in [-0.15, -0.1) is 0 Å². The van der Waals surface area contributed by atoms with Crippen molar-refractivity contribution in [3.63, 3.8) is 0 Å².